The predicted octanol–water partition coefficient (Wildman–Crippen LogP) is 5.51. The molecular formula is C23H20BrN3O2S. The number of nitrogens with zero attached hydrogens (tertiary/aromatic N) is 2. The Labute approximate surface area is 187 Å². The minimum absolute atomic E-state index is 0.180. The zero-order chi connectivity index (χ0) is 20.8. The summed E-state index contributed by atoms with van der Waals surface area (Å²) in [5.74, 6) is 0.300. The second-order valence-electron chi connectivity index (χ2n) is 7.88. The smallest absolute Gasteiger partial charge is 0.257 e. The highest BCUT2D eigenvalue weighted by Crippen LogP contribution is 2.40. The van der Waals surface area contributed by atoms with Crippen molar-refractivity contribution in [1.29, 1.82) is 0 Å². The van der Waals surface area contributed by atoms with E-state index in [1.54, 1.807) is 12.1 Å². The van der Waals surface area contributed by atoms with Crippen LogP contribution in [0.1, 0.15) is 35.7 Å². The fourth-order valence-electron chi connectivity index (χ4n) is 3.89. The molecule has 2 heterocycles. The van der Waals surface area contributed by atoms with Crippen molar-refractivity contribution < 1.29 is 9.59 Å². The molecule has 5 rings (SSSR count). The van der Waals surface area contributed by atoms with E-state index in [1.807, 2.05) is 34.5 Å². The van der Waals surface area contributed by atoms with E-state index in [9.17, 15) is 9.59 Å². The van der Waals surface area contributed by atoms with Crippen molar-refractivity contribution in [2.45, 2.75) is 32.2 Å². The Morgan fingerprint density at radius 2 is 1.93 bits per heavy atom. The molecule has 0 saturated heterocycles. The van der Waals surface area contributed by atoms with Crippen molar-refractivity contribution >= 4 is 49.9 Å². The standard InChI is InChI=1S/C23H20BrN3O2S/c1-13-10-17-11-16(6-9-20(17)27(13)22(29)15-2-3-15)19-12-30-23(25-19)26-21(28)14-4-7-18(24)8-5-14/h4-9,11-13,15H,2-3,10H2,1H3,(H,25,26,28). The highest BCUT2D eigenvalue weighted by atomic mass is 79.9. The van der Waals surface area contributed by atoms with E-state index in [0.717, 1.165) is 40.7 Å². The van der Waals surface area contributed by atoms with Crippen LogP contribution < -0.4 is 10.2 Å². The van der Waals surface area contributed by atoms with E-state index in [-0.39, 0.29) is 23.8 Å². The molecule has 1 saturated carbocycles. The predicted molar refractivity (Wildman–Crippen MR) is 123 cm³/mol. The first kappa shape index (κ1) is 19.5. The van der Waals surface area contributed by atoms with Crippen molar-refractivity contribution in [1.82, 2.24) is 4.98 Å². The molecule has 3 aromatic rings. The maximum Gasteiger partial charge on any atom is 0.257 e. The lowest BCUT2D eigenvalue weighted by atomic mass is 10.1. The summed E-state index contributed by atoms with van der Waals surface area (Å²) in [5, 5.41) is 5.38. The Bertz CT molecular complexity index is 1140. The number of fused-ring (bicyclic) bond motifs is 1. The number of carbonyl (C=O) groups is 2. The molecular weight excluding hydrogens is 462 g/mol. The van der Waals surface area contributed by atoms with Gasteiger partial charge in [0.2, 0.25) is 5.91 Å². The van der Waals surface area contributed by atoms with Crippen LogP contribution in [0, 0.1) is 5.92 Å². The Balaban J connectivity index is 1.34. The van der Waals surface area contributed by atoms with Crippen molar-refractivity contribution in [3.05, 3.63) is 63.4 Å². The fourth-order valence-corrected chi connectivity index (χ4v) is 4.87. The second kappa shape index (κ2) is 7.63. The lowest BCUT2D eigenvalue weighted by molar-refractivity contribution is -0.120. The van der Waals surface area contributed by atoms with Gasteiger partial charge in [-0.3, -0.25) is 14.9 Å². The Kier molecular flexibility index (Phi) is 4.95. The van der Waals surface area contributed by atoms with Crippen LogP contribution in [0.5, 0.6) is 0 Å². The van der Waals surface area contributed by atoms with E-state index in [4.69, 9.17) is 0 Å². The average molecular weight is 482 g/mol. The van der Waals surface area contributed by atoms with Crippen molar-refractivity contribution in [3.8, 4) is 11.3 Å². The van der Waals surface area contributed by atoms with Gasteiger partial charge >= 0.3 is 0 Å². The van der Waals surface area contributed by atoms with Gasteiger partial charge < -0.3 is 4.90 Å². The lowest BCUT2D eigenvalue weighted by Crippen LogP contribution is -2.36. The molecule has 1 unspecified atom stereocenters. The summed E-state index contributed by atoms with van der Waals surface area (Å²) < 4.78 is 0.930. The third-order valence-corrected chi connectivity index (χ3v) is 6.87. The monoisotopic (exact) mass is 481 g/mol. The van der Waals surface area contributed by atoms with Gasteiger partial charge in [0, 0.05) is 38.6 Å². The SMILES string of the molecule is CC1Cc2cc(-c3csc(NC(=O)c4ccc(Br)cc4)n3)ccc2N1C(=O)C1CC1. The third-order valence-electron chi connectivity index (χ3n) is 5.59. The van der Waals surface area contributed by atoms with Crippen LogP contribution in [0.15, 0.2) is 52.3 Å². The molecule has 0 spiro atoms. The van der Waals surface area contributed by atoms with Gasteiger partial charge in [-0.15, -0.1) is 11.3 Å². The summed E-state index contributed by atoms with van der Waals surface area (Å²) in [5.41, 5.74) is 4.63. The molecule has 1 fully saturated rings. The normalized spacial score (nSPS) is 17.7. The minimum Gasteiger partial charge on any atom is -0.309 e. The minimum atomic E-state index is -0.180. The summed E-state index contributed by atoms with van der Waals surface area (Å²) >= 11 is 4.78. The summed E-state index contributed by atoms with van der Waals surface area (Å²) in [6.45, 7) is 2.11. The van der Waals surface area contributed by atoms with Gasteiger partial charge in [-0.05, 0) is 68.1 Å². The molecule has 152 valence electrons. The maximum absolute atomic E-state index is 12.6. The zero-order valence-corrected chi connectivity index (χ0v) is 18.8. The van der Waals surface area contributed by atoms with Gasteiger partial charge in [0.1, 0.15) is 0 Å². The molecule has 1 N–H and O–H groups in total. The van der Waals surface area contributed by atoms with Gasteiger partial charge in [-0.2, -0.15) is 0 Å². The number of rotatable bonds is 4. The molecule has 1 aromatic heterocycles. The van der Waals surface area contributed by atoms with Gasteiger partial charge in [-0.1, -0.05) is 22.0 Å². The number of aromatic nitrogens is 1. The highest BCUT2D eigenvalue weighted by molar-refractivity contribution is 9.10. The van der Waals surface area contributed by atoms with Crippen molar-refractivity contribution in [2.24, 2.45) is 5.92 Å². The van der Waals surface area contributed by atoms with Crippen LogP contribution in [0.2, 0.25) is 0 Å². The number of hydrogen-bond acceptors (Lipinski definition) is 4. The molecule has 1 aliphatic heterocycles. The number of carbonyl (C=O) groups excluding carboxylic acids is 2. The topological polar surface area (TPSA) is 62.3 Å². The molecule has 30 heavy (non-hydrogen) atoms. The van der Waals surface area contributed by atoms with Crippen LogP contribution in [0.4, 0.5) is 10.8 Å². The number of anilines is 2. The van der Waals surface area contributed by atoms with Gasteiger partial charge in [0.25, 0.3) is 5.91 Å². The molecule has 0 radical (unpaired) electrons. The lowest BCUT2D eigenvalue weighted by Gasteiger charge is -2.22. The first-order chi connectivity index (χ1) is 14.5. The van der Waals surface area contributed by atoms with E-state index in [1.165, 1.54) is 16.9 Å². The van der Waals surface area contributed by atoms with Crippen LogP contribution in [0.3, 0.4) is 0 Å². The largest absolute Gasteiger partial charge is 0.309 e. The molecule has 5 nitrogen and oxygen atoms in total. The number of halogens is 1. The van der Waals surface area contributed by atoms with Gasteiger partial charge in [0.05, 0.1) is 5.69 Å². The quantitative estimate of drug-likeness (QED) is 0.533. The van der Waals surface area contributed by atoms with Crippen molar-refractivity contribution in [3.63, 3.8) is 0 Å². The first-order valence-electron chi connectivity index (χ1n) is 9.98. The first-order valence-corrected chi connectivity index (χ1v) is 11.7. The average Bonchev–Trinajstić information content (AvgIpc) is 3.39. The van der Waals surface area contributed by atoms with Crippen LogP contribution in [-0.2, 0) is 11.2 Å². The van der Waals surface area contributed by atoms with E-state index in [0.29, 0.717) is 10.7 Å². The van der Waals surface area contributed by atoms with Gasteiger partial charge in [0.15, 0.2) is 5.13 Å². The van der Waals surface area contributed by atoms with Crippen LogP contribution in [-0.4, -0.2) is 22.8 Å². The van der Waals surface area contributed by atoms with Crippen LogP contribution >= 0.6 is 27.3 Å². The molecule has 2 amide bonds. The highest BCUT2D eigenvalue weighted by Gasteiger charge is 2.39. The number of nitrogens with one attached hydrogen (secondary N) is 1. The molecule has 1 aliphatic carbocycles. The maximum atomic E-state index is 12.6. The second-order valence-corrected chi connectivity index (χ2v) is 9.65. The molecule has 1 atom stereocenters. The number of benzene rings is 2. The van der Waals surface area contributed by atoms with Gasteiger partial charge in [-0.25, -0.2) is 4.98 Å². The van der Waals surface area contributed by atoms with Crippen LogP contribution in [0.25, 0.3) is 11.3 Å². The number of thiazole rings is 1. The molecule has 7 heteroatoms. The van der Waals surface area contributed by atoms with E-state index >= 15 is 0 Å². The summed E-state index contributed by atoms with van der Waals surface area (Å²) in [6, 6.07) is 13.6. The Morgan fingerprint density at radius 3 is 2.67 bits per heavy atom. The Morgan fingerprint density at radius 1 is 1.17 bits per heavy atom. The molecule has 0 bridgehead atoms. The summed E-state index contributed by atoms with van der Waals surface area (Å²) in [4.78, 5) is 31.6. The summed E-state index contributed by atoms with van der Waals surface area (Å²) in [6.07, 6.45) is 2.89. The fraction of sp³-hybridized carbons (Fsp3) is 0.261. The molecule has 2 aliphatic rings. The van der Waals surface area contributed by atoms with E-state index < -0.39 is 0 Å². The summed E-state index contributed by atoms with van der Waals surface area (Å²) in [7, 11) is 0. The third kappa shape index (κ3) is 3.68. The zero-order valence-electron chi connectivity index (χ0n) is 16.4. The number of amides is 2. The number of hydrogen-bond donors (Lipinski definition) is 1. The molecule has 2 aromatic carbocycles. The Hall–Kier alpha value is -2.51. The van der Waals surface area contributed by atoms with E-state index in [2.05, 4.69) is 39.2 Å². The van der Waals surface area contributed by atoms with Crippen molar-refractivity contribution in [2.75, 3.05) is 10.2 Å².